The van der Waals surface area contributed by atoms with E-state index in [-0.39, 0.29) is 23.8 Å². The highest BCUT2D eigenvalue weighted by atomic mass is 19.4. The third kappa shape index (κ3) is 5.45. The lowest BCUT2D eigenvalue weighted by molar-refractivity contribution is -0.140. The second-order valence-corrected chi connectivity index (χ2v) is 7.29. The molecule has 4 rings (SSSR count). The zero-order valence-electron chi connectivity index (χ0n) is 17.7. The molecular formula is C24H19F3N6O. The summed E-state index contributed by atoms with van der Waals surface area (Å²) >= 11 is 0. The van der Waals surface area contributed by atoms with Gasteiger partial charge in [0.1, 0.15) is 12.2 Å². The number of nitrogens with zero attached hydrogens (tertiary/aromatic N) is 3. The molecule has 0 bridgehead atoms. The molecule has 0 radical (unpaired) electrons. The number of hydrogen-bond donors (Lipinski definition) is 3. The Morgan fingerprint density at radius 3 is 2.65 bits per heavy atom. The Morgan fingerprint density at radius 1 is 1.09 bits per heavy atom. The van der Waals surface area contributed by atoms with Crippen LogP contribution in [0.5, 0.6) is 0 Å². The summed E-state index contributed by atoms with van der Waals surface area (Å²) < 4.78 is 40.4. The molecule has 1 aromatic carbocycles. The maximum absolute atomic E-state index is 13.1. The molecule has 0 saturated heterocycles. The van der Waals surface area contributed by atoms with Crippen LogP contribution in [0.3, 0.4) is 0 Å². The summed E-state index contributed by atoms with van der Waals surface area (Å²) in [5.74, 6) is 5.23. The first-order valence-corrected chi connectivity index (χ1v) is 10.1. The van der Waals surface area contributed by atoms with E-state index in [0.717, 1.165) is 4.57 Å². The molecule has 0 aliphatic rings. The van der Waals surface area contributed by atoms with E-state index in [1.54, 1.807) is 54.7 Å². The van der Waals surface area contributed by atoms with Crippen molar-refractivity contribution >= 4 is 33.9 Å². The SMILES string of the molecule is Nc1cccc2c1cc(C#CCNc1ccc(C(=O)Nc3cccnc3)nc1)n2CC(F)(F)F. The quantitative estimate of drug-likeness (QED) is 0.302. The number of nitrogens with one attached hydrogen (secondary N) is 2. The minimum atomic E-state index is -4.40. The fourth-order valence-corrected chi connectivity index (χ4v) is 3.31. The number of hydrogen-bond acceptors (Lipinski definition) is 5. The largest absolute Gasteiger partial charge is 0.406 e. The molecule has 4 N–H and O–H groups in total. The van der Waals surface area contributed by atoms with Crippen LogP contribution in [0.2, 0.25) is 0 Å². The number of anilines is 3. The van der Waals surface area contributed by atoms with E-state index in [4.69, 9.17) is 5.73 Å². The third-order valence-electron chi connectivity index (χ3n) is 4.83. The molecule has 172 valence electrons. The van der Waals surface area contributed by atoms with Gasteiger partial charge in [0.05, 0.1) is 41.5 Å². The predicted octanol–water partition coefficient (Wildman–Crippen LogP) is 4.29. The number of alkyl halides is 3. The lowest BCUT2D eigenvalue weighted by Gasteiger charge is -2.11. The van der Waals surface area contributed by atoms with Gasteiger partial charge < -0.3 is 20.9 Å². The molecule has 0 saturated carbocycles. The van der Waals surface area contributed by atoms with Crippen LogP contribution in [0.25, 0.3) is 10.9 Å². The molecule has 3 heterocycles. The summed E-state index contributed by atoms with van der Waals surface area (Å²) in [5, 5.41) is 6.22. The van der Waals surface area contributed by atoms with E-state index < -0.39 is 12.7 Å². The van der Waals surface area contributed by atoms with Crippen LogP contribution in [-0.2, 0) is 6.54 Å². The van der Waals surface area contributed by atoms with E-state index in [1.165, 1.54) is 12.4 Å². The van der Waals surface area contributed by atoms with E-state index in [0.29, 0.717) is 28.0 Å². The number of nitrogens with two attached hydrogens (primary N) is 1. The number of rotatable bonds is 5. The van der Waals surface area contributed by atoms with Crippen LogP contribution in [0.4, 0.5) is 30.2 Å². The summed E-state index contributed by atoms with van der Waals surface area (Å²) in [6, 6.07) is 13.0. The first-order valence-electron chi connectivity index (χ1n) is 10.1. The minimum absolute atomic E-state index is 0.159. The van der Waals surface area contributed by atoms with E-state index in [1.807, 2.05) is 0 Å². The molecule has 0 atom stereocenters. The summed E-state index contributed by atoms with van der Waals surface area (Å²) in [5.41, 5.74) is 8.27. The van der Waals surface area contributed by atoms with Crippen molar-refractivity contribution in [1.29, 1.82) is 0 Å². The number of halogens is 3. The minimum Gasteiger partial charge on any atom is -0.398 e. The Hall–Kier alpha value is -4.52. The topological polar surface area (TPSA) is 97.9 Å². The number of pyridine rings is 2. The standard InChI is InChI=1S/C24H19F3N6O/c25-24(26,27)15-33-18(12-19-20(28)6-1-7-22(19)33)5-3-11-30-16-8-9-21(31-14-16)23(34)32-17-4-2-10-29-13-17/h1-2,4,6-10,12-14,30H,11,15,28H2,(H,32,34). The van der Waals surface area contributed by atoms with Crippen LogP contribution < -0.4 is 16.4 Å². The van der Waals surface area contributed by atoms with Gasteiger partial charge in [0.2, 0.25) is 0 Å². The number of aromatic nitrogens is 3. The number of benzene rings is 1. The molecule has 10 heteroatoms. The Balaban J connectivity index is 1.43. The Morgan fingerprint density at radius 2 is 1.94 bits per heavy atom. The van der Waals surface area contributed by atoms with Gasteiger partial charge in [0.25, 0.3) is 5.91 Å². The Bertz CT molecular complexity index is 1370. The molecule has 3 aromatic heterocycles. The fourth-order valence-electron chi connectivity index (χ4n) is 3.31. The molecule has 7 nitrogen and oxygen atoms in total. The average Bonchev–Trinajstić information content (AvgIpc) is 3.15. The highest BCUT2D eigenvalue weighted by Crippen LogP contribution is 2.28. The van der Waals surface area contributed by atoms with Gasteiger partial charge in [-0.2, -0.15) is 13.2 Å². The van der Waals surface area contributed by atoms with Gasteiger partial charge in [-0.1, -0.05) is 12.0 Å². The molecule has 0 unspecified atom stereocenters. The number of nitrogen functional groups attached to an aromatic ring is 1. The Labute approximate surface area is 192 Å². The second kappa shape index (κ2) is 9.54. The molecule has 1 amide bonds. The zero-order valence-corrected chi connectivity index (χ0v) is 17.7. The number of carbonyl (C=O) groups excluding carboxylic acids is 1. The van der Waals surface area contributed by atoms with Gasteiger partial charge in [-0.15, -0.1) is 0 Å². The average molecular weight is 464 g/mol. The molecule has 0 aliphatic carbocycles. The molecular weight excluding hydrogens is 445 g/mol. The molecule has 0 spiro atoms. The highest BCUT2D eigenvalue weighted by molar-refractivity contribution is 6.02. The summed E-state index contributed by atoms with van der Waals surface area (Å²) in [4.78, 5) is 20.3. The van der Waals surface area contributed by atoms with E-state index in [9.17, 15) is 18.0 Å². The summed E-state index contributed by atoms with van der Waals surface area (Å²) in [6.45, 7) is -1.00. The van der Waals surface area contributed by atoms with Gasteiger partial charge in [0.15, 0.2) is 0 Å². The maximum Gasteiger partial charge on any atom is 0.406 e. The summed E-state index contributed by atoms with van der Waals surface area (Å²) in [7, 11) is 0. The van der Waals surface area contributed by atoms with E-state index >= 15 is 0 Å². The fraction of sp³-hybridized carbons (Fsp3) is 0.125. The molecule has 0 fully saturated rings. The highest BCUT2D eigenvalue weighted by Gasteiger charge is 2.29. The van der Waals surface area contributed by atoms with Crippen LogP contribution in [-0.4, -0.2) is 33.2 Å². The van der Waals surface area contributed by atoms with Crippen molar-refractivity contribution in [3.8, 4) is 11.8 Å². The monoisotopic (exact) mass is 464 g/mol. The summed E-state index contributed by atoms with van der Waals surface area (Å²) in [6.07, 6.45) is 0.195. The maximum atomic E-state index is 13.1. The van der Waals surface area contributed by atoms with Crippen molar-refractivity contribution in [2.75, 3.05) is 22.9 Å². The number of fused-ring (bicyclic) bond motifs is 1. The van der Waals surface area contributed by atoms with Gasteiger partial charge in [0, 0.05) is 17.3 Å². The number of carbonyl (C=O) groups is 1. The van der Waals surface area contributed by atoms with Crippen LogP contribution in [0, 0.1) is 11.8 Å². The normalized spacial score (nSPS) is 11.0. The molecule has 34 heavy (non-hydrogen) atoms. The van der Waals surface area contributed by atoms with Crippen LogP contribution >= 0.6 is 0 Å². The lowest BCUT2D eigenvalue weighted by Crippen LogP contribution is -2.18. The third-order valence-corrected chi connectivity index (χ3v) is 4.83. The van der Waals surface area contributed by atoms with Gasteiger partial charge in [-0.05, 0) is 48.4 Å². The van der Waals surface area contributed by atoms with Crippen LogP contribution in [0.1, 0.15) is 16.2 Å². The van der Waals surface area contributed by atoms with Crippen molar-refractivity contribution in [2.24, 2.45) is 0 Å². The zero-order chi connectivity index (χ0) is 24.1. The number of amides is 1. The van der Waals surface area contributed by atoms with Crippen molar-refractivity contribution < 1.29 is 18.0 Å². The molecule has 4 aromatic rings. The van der Waals surface area contributed by atoms with Gasteiger partial charge in [-0.3, -0.25) is 9.78 Å². The Kier molecular flexibility index (Phi) is 6.36. The van der Waals surface area contributed by atoms with Crippen molar-refractivity contribution in [3.63, 3.8) is 0 Å². The van der Waals surface area contributed by atoms with Gasteiger partial charge in [-0.25, -0.2) is 4.98 Å². The first-order chi connectivity index (χ1) is 16.3. The van der Waals surface area contributed by atoms with E-state index in [2.05, 4.69) is 32.4 Å². The van der Waals surface area contributed by atoms with Crippen molar-refractivity contribution in [3.05, 3.63) is 78.5 Å². The first kappa shape index (κ1) is 22.7. The van der Waals surface area contributed by atoms with Crippen molar-refractivity contribution in [2.45, 2.75) is 12.7 Å². The molecule has 0 aliphatic heterocycles. The second-order valence-electron chi connectivity index (χ2n) is 7.29. The van der Waals surface area contributed by atoms with Gasteiger partial charge >= 0.3 is 6.18 Å². The predicted molar refractivity (Wildman–Crippen MR) is 124 cm³/mol. The lowest BCUT2D eigenvalue weighted by atomic mass is 10.2. The van der Waals surface area contributed by atoms with Crippen LogP contribution in [0.15, 0.2) is 67.1 Å². The smallest absolute Gasteiger partial charge is 0.398 e. The van der Waals surface area contributed by atoms with Crippen molar-refractivity contribution in [1.82, 2.24) is 14.5 Å².